The normalized spacial score (nSPS) is 16.1. The zero-order chi connectivity index (χ0) is 13.5. The third kappa shape index (κ3) is 5.31. The van der Waals surface area contributed by atoms with E-state index >= 15 is 0 Å². The lowest BCUT2D eigenvalue weighted by Crippen LogP contribution is -2.25. The molecule has 2 rings (SSSR count). The van der Waals surface area contributed by atoms with Crippen molar-refractivity contribution in [3.05, 3.63) is 33.8 Å². The molecule has 1 aromatic rings. The Morgan fingerprint density at radius 2 is 1.89 bits per heavy atom. The highest BCUT2D eigenvalue weighted by atomic mass is 35.5. The van der Waals surface area contributed by atoms with Crippen molar-refractivity contribution in [2.45, 2.75) is 25.7 Å². The number of rotatable bonds is 7. The third-order valence-corrected chi connectivity index (χ3v) is 4.20. The first kappa shape index (κ1) is 15.1. The molecule has 0 bridgehead atoms. The molecule has 4 heteroatoms. The van der Waals surface area contributed by atoms with E-state index in [1.807, 2.05) is 18.2 Å². The molecular formula is C15H22Cl2N2. The van der Waals surface area contributed by atoms with Gasteiger partial charge in [0.2, 0.25) is 0 Å². The van der Waals surface area contributed by atoms with Crippen molar-refractivity contribution in [2.24, 2.45) is 0 Å². The first-order valence-electron chi connectivity index (χ1n) is 7.13. The zero-order valence-corrected chi connectivity index (χ0v) is 12.8. The number of nitrogens with zero attached hydrogens (tertiary/aromatic N) is 1. The molecule has 0 aromatic heterocycles. The number of likely N-dealkylation sites (tertiary alicyclic amines) is 1. The Kier molecular flexibility index (Phi) is 6.45. The SMILES string of the molecule is Clc1ccc(CCNCCCN2CCCC2)c(Cl)c1. The summed E-state index contributed by atoms with van der Waals surface area (Å²) in [5, 5.41) is 4.95. The lowest BCUT2D eigenvalue weighted by molar-refractivity contribution is 0.331. The van der Waals surface area contributed by atoms with E-state index in [1.54, 1.807) is 0 Å². The smallest absolute Gasteiger partial charge is 0.0453 e. The number of benzene rings is 1. The number of hydrogen-bond acceptors (Lipinski definition) is 2. The summed E-state index contributed by atoms with van der Waals surface area (Å²) in [5.74, 6) is 0. The minimum absolute atomic E-state index is 0.701. The number of nitrogens with one attached hydrogen (secondary N) is 1. The first-order chi connectivity index (χ1) is 9.25. The maximum atomic E-state index is 6.14. The van der Waals surface area contributed by atoms with Gasteiger partial charge in [0, 0.05) is 10.0 Å². The van der Waals surface area contributed by atoms with Gasteiger partial charge in [0.1, 0.15) is 0 Å². The molecule has 0 amide bonds. The molecule has 1 fully saturated rings. The highest BCUT2D eigenvalue weighted by Gasteiger charge is 2.09. The molecule has 0 unspecified atom stereocenters. The van der Waals surface area contributed by atoms with E-state index in [0.29, 0.717) is 5.02 Å². The van der Waals surface area contributed by atoms with Crippen molar-refractivity contribution in [1.82, 2.24) is 10.2 Å². The van der Waals surface area contributed by atoms with Crippen LogP contribution in [0.25, 0.3) is 0 Å². The van der Waals surface area contributed by atoms with Gasteiger partial charge in [0.25, 0.3) is 0 Å². The van der Waals surface area contributed by atoms with Crippen LogP contribution < -0.4 is 5.32 Å². The van der Waals surface area contributed by atoms with Crippen LogP contribution in [0.5, 0.6) is 0 Å². The van der Waals surface area contributed by atoms with Crippen LogP contribution in [0, 0.1) is 0 Å². The highest BCUT2D eigenvalue weighted by molar-refractivity contribution is 6.35. The zero-order valence-electron chi connectivity index (χ0n) is 11.3. The van der Waals surface area contributed by atoms with Crippen LogP contribution >= 0.6 is 23.2 Å². The maximum absolute atomic E-state index is 6.14. The van der Waals surface area contributed by atoms with Crippen molar-refractivity contribution < 1.29 is 0 Å². The van der Waals surface area contributed by atoms with E-state index < -0.39 is 0 Å². The van der Waals surface area contributed by atoms with E-state index in [4.69, 9.17) is 23.2 Å². The quantitative estimate of drug-likeness (QED) is 0.774. The second-order valence-corrected chi connectivity index (χ2v) is 5.98. The van der Waals surface area contributed by atoms with Gasteiger partial charge in [-0.05, 0) is 76.1 Å². The molecule has 1 saturated heterocycles. The standard InChI is InChI=1S/C15H22Cl2N2/c16-14-5-4-13(15(17)12-14)6-8-18-7-3-11-19-9-1-2-10-19/h4-5,12,18H,1-3,6-11H2. The Bertz CT molecular complexity index is 390. The van der Waals surface area contributed by atoms with Gasteiger partial charge < -0.3 is 10.2 Å². The molecule has 2 nitrogen and oxygen atoms in total. The first-order valence-corrected chi connectivity index (χ1v) is 7.88. The van der Waals surface area contributed by atoms with Crippen LogP contribution in [-0.4, -0.2) is 37.6 Å². The van der Waals surface area contributed by atoms with Gasteiger partial charge in [-0.2, -0.15) is 0 Å². The predicted octanol–water partition coefficient (Wildman–Crippen LogP) is 3.61. The molecule has 0 radical (unpaired) electrons. The summed E-state index contributed by atoms with van der Waals surface area (Å²) >= 11 is 12.0. The Labute approximate surface area is 126 Å². The Morgan fingerprint density at radius 3 is 2.63 bits per heavy atom. The van der Waals surface area contributed by atoms with Crippen LogP contribution in [0.4, 0.5) is 0 Å². The summed E-state index contributed by atoms with van der Waals surface area (Å²) in [6.07, 6.45) is 4.94. The molecule has 106 valence electrons. The van der Waals surface area contributed by atoms with Gasteiger partial charge in [0.15, 0.2) is 0 Å². The number of hydrogen-bond donors (Lipinski definition) is 1. The van der Waals surface area contributed by atoms with Crippen molar-refractivity contribution in [3.8, 4) is 0 Å². The Hall–Kier alpha value is -0.280. The predicted molar refractivity (Wildman–Crippen MR) is 83.3 cm³/mol. The monoisotopic (exact) mass is 300 g/mol. The summed E-state index contributed by atoms with van der Waals surface area (Å²) in [4.78, 5) is 2.55. The van der Waals surface area contributed by atoms with E-state index in [1.165, 1.54) is 38.9 Å². The summed E-state index contributed by atoms with van der Waals surface area (Å²) in [5.41, 5.74) is 1.16. The fraction of sp³-hybridized carbons (Fsp3) is 0.600. The fourth-order valence-corrected chi connectivity index (χ4v) is 3.01. The average Bonchev–Trinajstić information content (AvgIpc) is 2.89. The lowest BCUT2D eigenvalue weighted by atomic mass is 10.1. The number of halogens is 2. The van der Waals surface area contributed by atoms with Crippen molar-refractivity contribution >= 4 is 23.2 Å². The summed E-state index contributed by atoms with van der Waals surface area (Å²) in [7, 11) is 0. The van der Waals surface area contributed by atoms with Crippen LogP contribution in [0.2, 0.25) is 10.0 Å². The fourth-order valence-electron chi connectivity index (χ4n) is 2.51. The Balaban J connectivity index is 1.56. The van der Waals surface area contributed by atoms with Gasteiger partial charge in [-0.3, -0.25) is 0 Å². The van der Waals surface area contributed by atoms with Gasteiger partial charge in [-0.1, -0.05) is 29.3 Å². The molecule has 0 spiro atoms. The van der Waals surface area contributed by atoms with Gasteiger partial charge in [-0.25, -0.2) is 0 Å². The molecule has 0 atom stereocenters. The molecule has 19 heavy (non-hydrogen) atoms. The largest absolute Gasteiger partial charge is 0.316 e. The van der Waals surface area contributed by atoms with Crippen LogP contribution in [0.3, 0.4) is 0 Å². The topological polar surface area (TPSA) is 15.3 Å². The maximum Gasteiger partial charge on any atom is 0.0453 e. The van der Waals surface area contributed by atoms with E-state index in [9.17, 15) is 0 Å². The molecule has 1 aliphatic heterocycles. The van der Waals surface area contributed by atoms with E-state index in [-0.39, 0.29) is 0 Å². The second-order valence-electron chi connectivity index (χ2n) is 5.14. The van der Waals surface area contributed by atoms with Crippen molar-refractivity contribution in [1.29, 1.82) is 0 Å². The second kappa shape index (κ2) is 8.11. The van der Waals surface area contributed by atoms with Crippen molar-refractivity contribution in [2.75, 3.05) is 32.7 Å². The molecular weight excluding hydrogens is 279 g/mol. The van der Waals surface area contributed by atoms with E-state index in [0.717, 1.165) is 30.1 Å². The minimum Gasteiger partial charge on any atom is -0.316 e. The van der Waals surface area contributed by atoms with Gasteiger partial charge >= 0.3 is 0 Å². The summed E-state index contributed by atoms with van der Waals surface area (Å²) < 4.78 is 0. The van der Waals surface area contributed by atoms with Gasteiger partial charge in [-0.15, -0.1) is 0 Å². The van der Waals surface area contributed by atoms with Crippen LogP contribution in [0.1, 0.15) is 24.8 Å². The average molecular weight is 301 g/mol. The van der Waals surface area contributed by atoms with Crippen molar-refractivity contribution in [3.63, 3.8) is 0 Å². The molecule has 1 heterocycles. The minimum atomic E-state index is 0.701. The van der Waals surface area contributed by atoms with Crippen LogP contribution in [0.15, 0.2) is 18.2 Å². The van der Waals surface area contributed by atoms with Crippen LogP contribution in [-0.2, 0) is 6.42 Å². The lowest BCUT2D eigenvalue weighted by Gasteiger charge is -2.14. The van der Waals surface area contributed by atoms with Gasteiger partial charge in [0.05, 0.1) is 0 Å². The molecule has 1 aromatic carbocycles. The molecule has 0 saturated carbocycles. The highest BCUT2D eigenvalue weighted by Crippen LogP contribution is 2.20. The molecule has 1 aliphatic rings. The summed E-state index contributed by atoms with van der Waals surface area (Å²) in [6.45, 7) is 5.87. The molecule has 1 N–H and O–H groups in total. The van der Waals surface area contributed by atoms with E-state index in [2.05, 4.69) is 10.2 Å². The summed E-state index contributed by atoms with van der Waals surface area (Å²) in [6, 6.07) is 5.72. The molecule has 0 aliphatic carbocycles. The Morgan fingerprint density at radius 1 is 1.11 bits per heavy atom. The third-order valence-electron chi connectivity index (χ3n) is 3.61.